The Hall–Kier alpha value is -1.79. The van der Waals surface area contributed by atoms with Crippen molar-refractivity contribution in [2.24, 2.45) is 0 Å². The number of amides is 1. The van der Waals surface area contributed by atoms with Crippen LogP contribution in [-0.4, -0.2) is 41.5 Å². The van der Waals surface area contributed by atoms with E-state index in [1.165, 1.54) is 17.4 Å². The highest BCUT2D eigenvalue weighted by atomic mass is 32.1. The second-order valence-electron chi connectivity index (χ2n) is 5.45. The summed E-state index contributed by atoms with van der Waals surface area (Å²) in [5, 5.41) is 5.79. The van der Waals surface area contributed by atoms with Gasteiger partial charge in [0, 0.05) is 37.5 Å². The number of nitrogens with zero attached hydrogens (tertiary/aromatic N) is 2. The predicted molar refractivity (Wildman–Crippen MR) is 84.7 cm³/mol. The van der Waals surface area contributed by atoms with Crippen LogP contribution < -0.4 is 5.32 Å². The Labute approximate surface area is 133 Å². The quantitative estimate of drug-likeness (QED) is 0.944. The molecule has 1 aromatic heterocycles. The maximum Gasteiger partial charge on any atom is 0.273 e. The smallest absolute Gasteiger partial charge is 0.273 e. The van der Waals surface area contributed by atoms with Gasteiger partial charge in [0.15, 0.2) is 0 Å². The molecule has 0 radical (unpaired) electrons. The van der Waals surface area contributed by atoms with Crippen LogP contribution in [0, 0.1) is 5.82 Å². The van der Waals surface area contributed by atoms with Crippen molar-refractivity contribution in [2.45, 2.75) is 19.4 Å². The average Bonchev–Trinajstić information content (AvgIpc) is 2.98. The molecule has 3 rings (SSSR count). The molecule has 1 N–H and O–H groups in total. The minimum Gasteiger partial charge on any atom is -0.332 e. The Balaban J connectivity index is 1.73. The summed E-state index contributed by atoms with van der Waals surface area (Å²) in [4.78, 5) is 18.8. The van der Waals surface area contributed by atoms with E-state index in [2.05, 4.69) is 10.3 Å². The minimum absolute atomic E-state index is 0.0370. The van der Waals surface area contributed by atoms with Crippen molar-refractivity contribution in [2.75, 3.05) is 19.6 Å². The molecule has 4 nitrogen and oxygen atoms in total. The highest BCUT2D eigenvalue weighted by molar-refractivity contribution is 7.09. The van der Waals surface area contributed by atoms with Crippen LogP contribution >= 0.6 is 11.3 Å². The first kappa shape index (κ1) is 15.1. The maximum absolute atomic E-state index is 13.7. The number of rotatable bonds is 3. The molecule has 1 aliphatic rings. The number of benzene rings is 1. The lowest BCUT2D eigenvalue weighted by Crippen LogP contribution is -2.52. The van der Waals surface area contributed by atoms with E-state index in [0.29, 0.717) is 24.2 Å². The molecular weight excluding hydrogens is 301 g/mol. The second kappa shape index (κ2) is 6.54. The van der Waals surface area contributed by atoms with Gasteiger partial charge in [-0.05, 0) is 18.6 Å². The van der Waals surface area contributed by atoms with Gasteiger partial charge < -0.3 is 10.2 Å². The summed E-state index contributed by atoms with van der Waals surface area (Å²) in [7, 11) is 0. The van der Waals surface area contributed by atoms with Crippen LogP contribution in [0.25, 0.3) is 0 Å². The summed E-state index contributed by atoms with van der Waals surface area (Å²) in [5.74, 6) is -0.272. The Morgan fingerprint density at radius 1 is 1.50 bits per heavy atom. The van der Waals surface area contributed by atoms with Crippen LogP contribution in [0.1, 0.15) is 28.0 Å². The topological polar surface area (TPSA) is 45.2 Å². The SMILES string of the molecule is C[C@@H]1CNCCN1C(=O)c1csc(Cc2ccccc2F)n1. The third-order valence-electron chi connectivity index (χ3n) is 3.83. The summed E-state index contributed by atoms with van der Waals surface area (Å²) in [6.45, 7) is 4.33. The number of carbonyl (C=O) groups is 1. The van der Waals surface area contributed by atoms with Crippen molar-refractivity contribution in [3.05, 3.63) is 51.7 Å². The number of nitrogens with one attached hydrogen (secondary N) is 1. The van der Waals surface area contributed by atoms with E-state index in [4.69, 9.17) is 0 Å². The van der Waals surface area contributed by atoms with Gasteiger partial charge in [0.2, 0.25) is 0 Å². The van der Waals surface area contributed by atoms with Crippen molar-refractivity contribution < 1.29 is 9.18 Å². The van der Waals surface area contributed by atoms with E-state index in [0.717, 1.165) is 18.1 Å². The number of carbonyl (C=O) groups excluding carboxylic acids is 1. The molecule has 22 heavy (non-hydrogen) atoms. The van der Waals surface area contributed by atoms with E-state index in [1.807, 2.05) is 11.8 Å². The number of aromatic nitrogens is 1. The number of thiazole rings is 1. The molecule has 0 spiro atoms. The van der Waals surface area contributed by atoms with E-state index >= 15 is 0 Å². The van der Waals surface area contributed by atoms with Crippen LogP contribution in [0.15, 0.2) is 29.6 Å². The molecule has 6 heteroatoms. The fraction of sp³-hybridized carbons (Fsp3) is 0.375. The van der Waals surface area contributed by atoms with E-state index in [-0.39, 0.29) is 17.8 Å². The van der Waals surface area contributed by atoms with Crippen molar-refractivity contribution in [1.29, 1.82) is 0 Å². The number of halogens is 1. The fourth-order valence-electron chi connectivity index (χ4n) is 2.58. The Kier molecular flexibility index (Phi) is 4.49. The van der Waals surface area contributed by atoms with E-state index < -0.39 is 0 Å². The monoisotopic (exact) mass is 319 g/mol. The number of piperazine rings is 1. The fourth-order valence-corrected chi connectivity index (χ4v) is 3.38. The van der Waals surface area contributed by atoms with Crippen LogP contribution in [0.4, 0.5) is 4.39 Å². The first-order valence-electron chi connectivity index (χ1n) is 7.34. The molecule has 2 heterocycles. The lowest BCUT2D eigenvalue weighted by molar-refractivity contribution is 0.0650. The van der Waals surface area contributed by atoms with Gasteiger partial charge in [-0.25, -0.2) is 9.37 Å². The zero-order valence-corrected chi connectivity index (χ0v) is 13.2. The molecule has 1 aromatic carbocycles. The molecule has 0 aliphatic carbocycles. The minimum atomic E-state index is -0.235. The summed E-state index contributed by atoms with van der Waals surface area (Å²) < 4.78 is 13.7. The summed E-state index contributed by atoms with van der Waals surface area (Å²) in [6, 6.07) is 6.83. The molecule has 1 saturated heterocycles. The molecule has 0 saturated carbocycles. The van der Waals surface area contributed by atoms with Crippen LogP contribution in [0.5, 0.6) is 0 Å². The van der Waals surface area contributed by atoms with Crippen molar-refractivity contribution in [3.63, 3.8) is 0 Å². The summed E-state index contributed by atoms with van der Waals surface area (Å²) >= 11 is 1.41. The first-order valence-corrected chi connectivity index (χ1v) is 8.22. The predicted octanol–water partition coefficient (Wildman–Crippen LogP) is 2.31. The van der Waals surface area contributed by atoms with Crippen molar-refractivity contribution in [3.8, 4) is 0 Å². The second-order valence-corrected chi connectivity index (χ2v) is 6.39. The van der Waals surface area contributed by atoms with Gasteiger partial charge in [-0.1, -0.05) is 18.2 Å². The van der Waals surface area contributed by atoms with Gasteiger partial charge in [-0.2, -0.15) is 0 Å². The van der Waals surface area contributed by atoms with Crippen LogP contribution in [0.3, 0.4) is 0 Å². The van der Waals surface area contributed by atoms with Crippen molar-refractivity contribution in [1.82, 2.24) is 15.2 Å². The van der Waals surface area contributed by atoms with Gasteiger partial charge in [0.05, 0.1) is 5.01 Å². The molecule has 0 unspecified atom stereocenters. The number of hydrogen-bond donors (Lipinski definition) is 1. The molecule has 1 atom stereocenters. The zero-order chi connectivity index (χ0) is 15.5. The molecule has 1 amide bonds. The van der Waals surface area contributed by atoms with Gasteiger partial charge in [-0.15, -0.1) is 11.3 Å². The molecule has 116 valence electrons. The third kappa shape index (κ3) is 3.18. The summed E-state index contributed by atoms with van der Waals surface area (Å²) in [5.41, 5.74) is 1.07. The first-order chi connectivity index (χ1) is 10.6. The molecule has 2 aromatic rings. The average molecular weight is 319 g/mol. The largest absolute Gasteiger partial charge is 0.332 e. The maximum atomic E-state index is 13.7. The molecular formula is C16H18FN3OS. The highest BCUT2D eigenvalue weighted by Gasteiger charge is 2.25. The Bertz CT molecular complexity index is 673. The number of hydrogen-bond acceptors (Lipinski definition) is 4. The lowest BCUT2D eigenvalue weighted by atomic mass is 10.1. The van der Waals surface area contributed by atoms with Gasteiger partial charge >= 0.3 is 0 Å². The molecule has 0 bridgehead atoms. The Morgan fingerprint density at radius 2 is 2.32 bits per heavy atom. The highest BCUT2D eigenvalue weighted by Crippen LogP contribution is 2.19. The van der Waals surface area contributed by atoms with Crippen LogP contribution in [0.2, 0.25) is 0 Å². The standard InChI is InChI=1S/C16H18FN3OS/c1-11-9-18-6-7-20(11)16(21)14-10-22-15(19-14)8-12-4-2-3-5-13(12)17/h2-5,10-11,18H,6-9H2,1H3/t11-/m1/s1. The zero-order valence-electron chi connectivity index (χ0n) is 12.4. The summed E-state index contributed by atoms with van der Waals surface area (Å²) in [6.07, 6.45) is 0.418. The normalized spacial score (nSPS) is 18.5. The molecule has 1 fully saturated rings. The van der Waals surface area contributed by atoms with Crippen molar-refractivity contribution >= 4 is 17.2 Å². The van der Waals surface area contributed by atoms with Gasteiger partial charge in [-0.3, -0.25) is 4.79 Å². The van der Waals surface area contributed by atoms with Gasteiger partial charge in [0.1, 0.15) is 11.5 Å². The van der Waals surface area contributed by atoms with Gasteiger partial charge in [0.25, 0.3) is 5.91 Å². The lowest BCUT2D eigenvalue weighted by Gasteiger charge is -2.33. The van der Waals surface area contributed by atoms with E-state index in [9.17, 15) is 9.18 Å². The third-order valence-corrected chi connectivity index (χ3v) is 4.68. The Morgan fingerprint density at radius 3 is 3.09 bits per heavy atom. The van der Waals surface area contributed by atoms with E-state index in [1.54, 1.807) is 23.6 Å². The van der Waals surface area contributed by atoms with Crippen LogP contribution in [-0.2, 0) is 6.42 Å². The molecule has 1 aliphatic heterocycles.